The highest BCUT2D eigenvalue weighted by molar-refractivity contribution is 9.10. The highest BCUT2D eigenvalue weighted by atomic mass is 79.9. The summed E-state index contributed by atoms with van der Waals surface area (Å²) in [5, 5.41) is 3.65. The van der Waals surface area contributed by atoms with E-state index in [9.17, 15) is 0 Å². The first-order chi connectivity index (χ1) is 7.33. The van der Waals surface area contributed by atoms with Gasteiger partial charge >= 0.3 is 0 Å². The fourth-order valence-corrected chi connectivity index (χ4v) is 2.78. The lowest BCUT2D eigenvalue weighted by Gasteiger charge is -2.30. The third-order valence-corrected chi connectivity index (χ3v) is 3.75. The van der Waals surface area contributed by atoms with Gasteiger partial charge in [0.05, 0.1) is 19.3 Å². The van der Waals surface area contributed by atoms with Crippen LogP contribution < -0.4 is 5.32 Å². The maximum atomic E-state index is 5.18. The van der Waals surface area contributed by atoms with E-state index in [1.165, 1.54) is 28.4 Å². The largest absolute Gasteiger partial charge is 0.378 e. The molecule has 2 aliphatic rings. The molecule has 1 aromatic rings. The van der Waals surface area contributed by atoms with Crippen molar-refractivity contribution in [2.45, 2.75) is 24.9 Å². The average Bonchev–Trinajstić information content (AvgIpc) is 2.54. The van der Waals surface area contributed by atoms with Crippen LogP contribution in [0.4, 0.5) is 0 Å². The molecule has 1 saturated heterocycles. The van der Waals surface area contributed by atoms with Crippen molar-refractivity contribution < 1.29 is 4.74 Å². The lowest BCUT2D eigenvalue weighted by atomic mass is 10.1. The van der Waals surface area contributed by atoms with Gasteiger partial charge < -0.3 is 10.1 Å². The summed E-state index contributed by atoms with van der Waals surface area (Å²) in [5.74, 6) is 0. The van der Waals surface area contributed by atoms with E-state index in [1.54, 1.807) is 0 Å². The van der Waals surface area contributed by atoms with Crippen LogP contribution >= 0.6 is 15.9 Å². The van der Waals surface area contributed by atoms with Crippen LogP contribution in [0.25, 0.3) is 0 Å². The topological polar surface area (TPSA) is 21.3 Å². The Bertz CT molecular complexity index is 376. The summed E-state index contributed by atoms with van der Waals surface area (Å²) < 4.78 is 6.37. The molecule has 0 amide bonds. The molecular formula is C12H14BrNO. The van der Waals surface area contributed by atoms with Gasteiger partial charge in [-0.25, -0.2) is 0 Å². The first-order valence-corrected chi connectivity index (χ1v) is 6.24. The van der Waals surface area contributed by atoms with E-state index in [0.29, 0.717) is 12.1 Å². The normalized spacial score (nSPS) is 25.0. The second-order valence-corrected chi connectivity index (χ2v) is 5.25. The average molecular weight is 268 g/mol. The number of hydrogen-bond acceptors (Lipinski definition) is 2. The van der Waals surface area contributed by atoms with Gasteiger partial charge in [-0.2, -0.15) is 0 Å². The zero-order valence-electron chi connectivity index (χ0n) is 8.50. The van der Waals surface area contributed by atoms with Gasteiger partial charge in [-0.15, -0.1) is 0 Å². The van der Waals surface area contributed by atoms with Crippen LogP contribution in [-0.4, -0.2) is 19.3 Å². The Morgan fingerprint density at radius 2 is 2.20 bits per heavy atom. The molecule has 2 nitrogen and oxygen atoms in total. The lowest BCUT2D eigenvalue weighted by Crippen LogP contribution is -2.46. The molecule has 0 spiro atoms. The molecule has 1 heterocycles. The van der Waals surface area contributed by atoms with E-state index in [1.807, 2.05) is 0 Å². The van der Waals surface area contributed by atoms with Crippen molar-refractivity contribution in [1.82, 2.24) is 5.32 Å². The van der Waals surface area contributed by atoms with E-state index in [-0.39, 0.29) is 0 Å². The molecule has 0 bridgehead atoms. The van der Waals surface area contributed by atoms with Gasteiger partial charge in [-0.1, -0.05) is 22.0 Å². The second-order valence-electron chi connectivity index (χ2n) is 4.34. The van der Waals surface area contributed by atoms with Gasteiger partial charge in [0.25, 0.3) is 0 Å². The number of hydrogen-bond donors (Lipinski definition) is 1. The van der Waals surface area contributed by atoms with Gasteiger partial charge in [-0.3, -0.25) is 0 Å². The number of rotatable bonds is 2. The van der Waals surface area contributed by atoms with Crippen molar-refractivity contribution in [2.75, 3.05) is 13.2 Å². The Labute approximate surface area is 98.1 Å². The number of benzene rings is 1. The summed E-state index contributed by atoms with van der Waals surface area (Å²) in [5.41, 5.74) is 2.97. The number of halogens is 1. The molecule has 1 aliphatic carbocycles. The van der Waals surface area contributed by atoms with Crippen LogP contribution in [0, 0.1) is 0 Å². The Balaban J connectivity index is 1.78. The summed E-state index contributed by atoms with van der Waals surface area (Å²) in [7, 11) is 0. The molecule has 1 aliphatic heterocycles. The first-order valence-electron chi connectivity index (χ1n) is 5.45. The van der Waals surface area contributed by atoms with Crippen molar-refractivity contribution in [3.63, 3.8) is 0 Å². The van der Waals surface area contributed by atoms with Crippen molar-refractivity contribution >= 4 is 15.9 Å². The molecule has 1 fully saturated rings. The monoisotopic (exact) mass is 267 g/mol. The Kier molecular flexibility index (Phi) is 2.54. The van der Waals surface area contributed by atoms with Crippen LogP contribution in [-0.2, 0) is 11.2 Å². The van der Waals surface area contributed by atoms with E-state index >= 15 is 0 Å². The fraction of sp³-hybridized carbons (Fsp3) is 0.500. The van der Waals surface area contributed by atoms with E-state index in [4.69, 9.17) is 4.74 Å². The molecule has 1 unspecified atom stereocenters. The molecule has 0 radical (unpaired) electrons. The fourth-order valence-electron chi connectivity index (χ4n) is 2.38. The molecule has 3 heteroatoms. The standard InChI is InChI=1S/C12H14BrNO/c13-9-2-3-11-8(5-9)1-4-12(11)14-10-6-15-7-10/h2-3,5,10,12,14H,1,4,6-7H2. The van der Waals surface area contributed by atoms with Crippen LogP contribution in [0.15, 0.2) is 22.7 Å². The molecular weight excluding hydrogens is 254 g/mol. The number of fused-ring (bicyclic) bond motifs is 1. The van der Waals surface area contributed by atoms with Gasteiger partial charge in [0, 0.05) is 10.5 Å². The zero-order chi connectivity index (χ0) is 10.3. The predicted molar refractivity (Wildman–Crippen MR) is 62.9 cm³/mol. The molecule has 15 heavy (non-hydrogen) atoms. The first kappa shape index (κ1) is 9.82. The zero-order valence-corrected chi connectivity index (χ0v) is 10.1. The SMILES string of the molecule is Brc1ccc2c(c1)CCC2NC1COC1. The second kappa shape index (κ2) is 3.89. The molecule has 1 atom stereocenters. The molecule has 0 saturated carbocycles. The number of nitrogens with one attached hydrogen (secondary N) is 1. The Morgan fingerprint density at radius 1 is 1.33 bits per heavy atom. The summed E-state index contributed by atoms with van der Waals surface area (Å²) in [6.07, 6.45) is 2.42. The third-order valence-electron chi connectivity index (χ3n) is 3.26. The van der Waals surface area contributed by atoms with Gasteiger partial charge in [0.2, 0.25) is 0 Å². The van der Waals surface area contributed by atoms with Crippen LogP contribution in [0.2, 0.25) is 0 Å². The van der Waals surface area contributed by atoms with E-state index in [0.717, 1.165) is 13.2 Å². The van der Waals surface area contributed by atoms with Crippen molar-refractivity contribution in [2.24, 2.45) is 0 Å². The quantitative estimate of drug-likeness (QED) is 0.889. The van der Waals surface area contributed by atoms with E-state index in [2.05, 4.69) is 39.4 Å². The van der Waals surface area contributed by atoms with Crippen LogP contribution in [0.5, 0.6) is 0 Å². The van der Waals surface area contributed by atoms with Crippen LogP contribution in [0.1, 0.15) is 23.6 Å². The third kappa shape index (κ3) is 1.84. The highest BCUT2D eigenvalue weighted by Gasteiger charge is 2.27. The summed E-state index contributed by atoms with van der Waals surface area (Å²) in [4.78, 5) is 0. The summed E-state index contributed by atoms with van der Waals surface area (Å²) >= 11 is 3.52. The van der Waals surface area contributed by atoms with E-state index < -0.39 is 0 Å². The van der Waals surface area contributed by atoms with Crippen molar-refractivity contribution in [3.8, 4) is 0 Å². The number of aryl methyl sites for hydroxylation is 1. The maximum Gasteiger partial charge on any atom is 0.0643 e. The molecule has 0 aromatic heterocycles. The Morgan fingerprint density at radius 3 is 2.93 bits per heavy atom. The molecule has 1 aromatic carbocycles. The number of ether oxygens (including phenoxy) is 1. The maximum absolute atomic E-state index is 5.18. The minimum absolute atomic E-state index is 0.544. The lowest BCUT2D eigenvalue weighted by molar-refractivity contribution is -0.0100. The summed E-state index contributed by atoms with van der Waals surface area (Å²) in [6.45, 7) is 1.75. The minimum atomic E-state index is 0.544. The molecule has 1 N–H and O–H groups in total. The van der Waals surface area contributed by atoms with Crippen molar-refractivity contribution in [3.05, 3.63) is 33.8 Å². The minimum Gasteiger partial charge on any atom is -0.378 e. The van der Waals surface area contributed by atoms with Gasteiger partial charge in [0.15, 0.2) is 0 Å². The van der Waals surface area contributed by atoms with Crippen LogP contribution in [0.3, 0.4) is 0 Å². The van der Waals surface area contributed by atoms with Gasteiger partial charge in [0.1, 0.15) is 0 Å². The summed E-state index contributed by atoms with van der Waals surface area (Å²) in [6, 6.07) is 7.74. The van der Waals surface area contributed by atoms with Crippen molar-refractivity contribution in [1.29, 1.82) is 0 Å². The highest BCUT2D eigenvalue weighted by Crippen LogP contribution is 2.33. The Hall–Kier alpha value is -0.380. The predicted octanol–water partition coefficient (Wildman–Crippen LogP) is 2.42. The molecule has 80 valence electrons. The molecule has 3 rings (SSSR count). The smallest absolute Gasteiger partial charge is 0.0643 e. The van der Waals surface area contributed by atoms with Gasteiger partial charge in [-0.05, 0) is 36.1 Å².